The molecule has 0 aliphatic rings. The van der Waals surface area contributed by atoms with Gasteiger partial charge >= 0.3 is 0 Å². The molecule has 0 aromatic heterocycles. The lowest BCUT2D eigenvalue weighted by molar-refractivity contribution is 0.268. The van der Waals surface area contributed by atoms with Gasteiger partial charge in [-0.05, 0) is 36.3 Å². The first kappa shape index (κ1) is 21.9. The standard InChI is InChI=1S/C12H15N.C5H12O.CH4O/c1-9(2)11-4-6-12(7-5-11)10(3)8-13;1-5(2)3-4-6;1-2/h4-7,9-10H,1-3H3;5-6H,3-4H2,1-2H3;2H,1H3. The Kier molecular flexibility index (Phi) is 14.2. The Labute approximate surface area is 130 Å². The second kappa shape index (κ2) is 13.6. The highest BCUT2D eigenvalue weighted by molar-refractivity contribution is 5.29. The average Bonchev–Trinajstić information content (AvgIpc) is 2.49. The highest BCUT2D eigenvalue weighted by atomic mass is 16.3. The summed E-state index contributed by atoms with van der Waals surface area (Å²) in [5.41, 5.74) is 2.43. The van der Waals surface area contributed by atoms with Gasteiger partial charge in [0, 0.05) is 13.7 Å². The third-order valence-corrected chi connectivity index (χ3v) is 3.00. The molecule has 3 heteroatoms. The van der Waals surface area contributed by atoms with E-state index < -0.39 is 0 Å². The molecule has 0 fully saturated rings. The number of aliphatic hydroxyl groups excluding tert-OH is 2. The molecular weight excluding hydrogens is 262 g/mol. The molecule has 0 heterocycles. The van der Waals surface area contributed by atoms with Gasteiger partial charge in [-0.25, -0.2) is 0 Å². The molecule has 3 nitrogen and oxygen atoms in total. The fourth-order valence-electron chi connectivity index (χ4n) is 1.50. The summed E-state index contributed by atoms with van der Waals surface area (Å²) >= 11 is 0. The topological polar surface area (TPSA) is 64.2 Å². The first-order chi connectivity index (χ1) is 9.92. The highest BCUT2D eigenvalue weighted by Gasteiger charge is 2.04. The minimum Gasteiger partial charge on any atom is -0.400 e. The quantitative estimate of drug-likeness (QED) is 0.879. The Morgan fingerprint density at radius 1 is 0.952 bits per heavy atom. The molecule has 0 bridgehead atoms. The van der Waals surface area contributed by atoms with Crippen LogP contribution < -0.4 is 0 Å². The summed E-state index contributed by atoms with van der Waals surface area (Å²) in [5, 5.41) is 24.0. The van der Waals surface area contributed by atoms with Crippen molar-refractivity contribution < 1.29 is 10.2 Å². The van der Waals surface area contributed by atoms with Gasteiger partial charge in [-0.2, -0.15) is 5.26 Å². The van der Waals surface area contributed by atoms with Crippen molar-refractivity contribution in [2.24, 2.45) is 5.92 Å². The van der Waals surface area contributed by atoms with Crippen LogP contribution in [-0.4, -0.2) is 23.9 Å². The first-order valence-corrected chi connectivity index (χ1v) is 7.47. The number of hydrogen-bond donors (Lipinski definition) is 2. The molecule has 0 amide bonds. The lowest BCUT2D eigenvalue weighted by atomic mass is 9.97. The van der Waals surface area contributed by atoms with Crippen molar-refractivity contribution >= 4 is 0 Å². The van der Waals surface area contributed by atoms with Crippen molar-refractivity contribution in [1.29, 1.82) is 5.26 Å². The van der Waals surface area contributed by atoms with Gasteiger partial charge < -0.3 is 10.2 Å². The van der Waals surface area contributed by atoms with Crippen LogP contribution in [0.2, 0.25) is 0 Å². The van der Waals surface area contributed by atoms with E-state index in [2.05, 4.69) is 45.9 Å². The smallest absolute Gasteiger partial charge is 0.0700 e. The number of nitriles is 1. The van der Waals surface area contributed by atoms with Crippen molar-refractivity contribution in [1.82, 2.24) is 0 Å². The summed E-state index contributed by atoms with van der Waals surface area (Å²) < 4.78 is 0. The van der Waals surface area contributed by atoms with E-state index in [-0.39, 0.29) is 5.92 Å². The molecule has 1 aromatic rings. The van der Waals surface area contributed by atoms with Gasteiger partial charge in [0.05, 0.1) is 12.0 Å². The fraction of sp³-hybridized carbons (Fsp3) is 0.611. The van der Waals surface area contributed by atoms with E-state index in [1.54, 1.807) is 0 Å². The Hall–Kier alpha value is -1.37. The molecule has 0 saturated carbocycles. The zero-order valence-corrected chi connectivity index (χ0v) is 14.3. The van der Waals surface area contributed by atoms with Crippen LogP contribution in [0.4, 0.5) is 0 Å². The van der Waals surface area contributed by atoms with E-state index in [4.69, 9.17) is 15.5 Å². The van der Waals surface area contributed by atoms with Gasteiger partial charge in [-0.1, -0.05) is 52.0 Å². The van der Waals surface area contributed by atoms with Crippen LogP contribution in [0.5, 0.6) is 0 Å². The van der Waals surface area contributed by atoms with Gasteiger partial charge in [0.1, 0.15) is 0 Å². The zero-order chi connectivity index (χ0) is 16.8. The molecule has 0 aliphatic heterocycles. The number of nitrogens with zero attached hydrogens (tertiary/aromatic N) is 1. The third-order valence-electron chi connectivity index (χ3n) is 3.00. The van der Waals surface area contributed by atoms with Gasteiger partial charge in [-0.3, -0.25) is 0 Å². The van der Waals surface area contributed by atoms with E-state index in [0.717, 1.165) is 19.1 Å². The fourth-order valence-corrected chi connectivity index (χ4v) is 1.50. The first-order valence-electron chi connectivity index (χ1n) is 7.47. The highest BCUT2D eigenvalue weighted by Crippen LogP contribution is 2.19. The van der Waals surface area contributed by atoms with E-state index >= 15 is 0 Å². The minimum atomic E-state index is 0.00112. The van der Waals surface area contributed by atoms with Gasteiger partial charge in [-0.15, -0.1) is 0 Å². The van der Waals surface area contributed by atoms with E-state index in [1.807, 2.05) is 19.1 Å². The second-order valence-electron chi connectivity index (χ2n) is 5.58. The largest absolute Gasteiger partial charge is 0.400 e. The van der Waals surface area contributed by atoms with Crippen molar-refractivity contribution in [3.05, 3.63) is 35.4 Å². The average molecular weight is 293 g/mol. The van der Waals surface area contributed by atoms with Crippen molar-refractivity contribution in [2.45, 2.75) is 52.9 Å². The Morgan fingerprint density at radius 3 is 1.62 bits per heavy atom. The lowest BCUT2D eigenvalue weighted by Gasteiger charge is -2.07. The summed E-state index contributed by atoms with van der Waals surface area (Å²) in [5.74, 6) is 1.21. The zero-order valence-electron chi connectivity index (χ0n) is 14.3. The number of aliphatic hydroxyl groups is 2. The molecular formula is C18H31NO2. The van der Waals surface area contributed by atoms with Crippen LogP contribution in [0.25, 0.3) is 0 Å². The van der Waals surface area contributed by atoms with Gasteiger partial charge in [0.25, 0.3) is 0 Å². The maximum Gasteiger partial charge on any atom is 0.0700 e. The van der Waals surface area contributed by atoms with E-state index in [9.17, 15) is 0 Å². The predicted octanol–water partition coefficient (Wildman–Crippen LogP) is 4.07. The molecule has 1 atom stereocenters. The molecule has 0 saturated heterocycles. The van der Waals surface area contributed by atoms with Crippen LogP contribution in [0.3, 0.4) is 0 Å². The monoisotopic (exact) mass is 293 g/mol. The SMILES string of the molecule is CC(C)CCO.CC(C)c1ccc(C(C)C#N)cc1.CO. The Balaban J connectivity index is 0. The molecule has 1 aromatic carbocycles. The van der Waals surface area contributed by atoms with E-state index in [0.29, 0.717) is 18.4 Å². The summed E-state index contributed by atoms with van der Waals surface area (Å²) in [6, 6.07) is 10.5. The normalized spacial score (nSPS) is 10.9. The Morgan fingerprint density at radius 2 is 1.38 bits per heavy atom. The Bertz CT molecular complexity index is 377. The third kappa shape index (κ3) is 11.0. The molecule has 0 radical (unpaired) electrons. The van der Waals surface area contributed by atoms with Crippen molar-refractivity contribution in [3.8, 4) is 6.07 Å². The molecule has 0 aliphatic carbocycles. The van der Waals surface area contributed by atoms with Crippen LogP contribution >= 0.6 is 0 Å². The molecule has 1 unspecified atom stereocenters. The predicted molar refractivity (Wildman–Crippen MR) is 89.2 cm³/mol. The summed E-state index contributed by atoms with van der Waals surface area (Å²) in [6.07, 6.45) is 0.931. The van der Waals surface area contributed by atoms with Crippen molar-refractivity contribution in [2.75, 3.05) is 13.7 Å². The summed E-state index contributed by atoms with van der Waals surface area (Å²) in [6.45, 7) is 10.8. The number of benzene rings is 1. The van der Waals surface area contributed by atoms with Crippen LogP contribution in [0.15, 0.2) is 24.3 Å². The molecule has 120 valence electrons. The second-order valence-corrected chi connectivity index (χ2v) is 5.58. The van der Waals surface area contributed by atoms with Gasteiger partial charge in [0.2, 0.25) is 0 Å². The van der Waals surface area contributed by atoms with Gasteiger partial charge in [0.15, 0.2) is 0 Å². The molecule has 1 rings (SSSR count). The summed E-state index contributed by atoms with van der Waals surface area (Å²) in [4.78, 5) is 0. The van der Waals surface area contributed by atoms with Crippen LogP contribution in [0, 0.1) is 17.2 Å². The number of rotatable bonds is 4. The molecule has 2 N–H and O–H groups in total. The van der Waals surface area contributed by atoms with Crippen molar-refractivity contribution in [3.63, 3.8) is 0 Å². The maximum atomic E-state index is 8.72. The molecule has 21 heavy (non-hydrogen) atoms. The maximum absolute atomic E-state index is 8.72. The summed E-state index contributed by atoms with van der Waals surface area (Å²) in [7, 11) is 1.00. The molecule has 0 spiro atoms. The minimum absolute atomic E-state index is 0.00112. The van der Waals surface area contributed by atoms with Crippen LogP contribution in [0.1, 0.15) is 64.0 Å². The lowest BCUT2D eigenvalue weighted by Crippen LogP contribution is -1.91. The van der Waals surface area contributed by atoms with E-state index in [1.165, 1.54) is 5.56 Å². The number of hydrogen-bond acceptors (Lipinski definition) is 3. The van der Waals surface area contributed by atoms with Crippen LogP contribution in [-0.2, 0) is 0 Å².